The summed E-state index contributed by atoms with van der Waals surface area (Å²) in [7, 11) is 0. The molecule has 0 bridgehead atoms. The van der Waals surface area contributed by atoms with Crippen molar-refractivity contribution in [2.45, 2.75) is 77.0 Å². The molecule has 21 heavy (non-hydrogen) atoms. The Balaban J connectivity index is 1.68. The van der Waals surface area contributed by atoms with Crippen LogP contribution in [0.15, 0.2) is 0 Å². The van der Waals surface area contributed by atoms with E-state index in [0.29, 0.717) is 12.1 Å². The Hall–Kier alpha value is -0.120. The van der Waals surface area contributed by atoms with Crippen molar-refractivity contribution in [2.75, 3.05) is 26.2 Å². The van der Waals surface area contributed by atoms with Crippen LogP contribution in [0.2, 0.25) is 0 Å². The summed E-state index contributed by atoms with van der Waals surface area (Å²) in [5.41, 5.74) is 0. The van der Waals surface area contributed by atoms with E-state index in [1.54, 1.807) is 0 Å². The van der Waals surface area contributed by atoms with Gasteiger partial charge in [-0.25, -0.2) is 0 Å². The van der Waals surface area contributed by atoms with Gasteiger partial charge in [-0.3, -0.25) is 4.90 Å². The van der Waals surface area contributed by atoms with E-state index in [4.69, 9.17) is 4.74 Å². The number of likely N-dealkylation sites (N-methyl/N-ethyl adjacent to an activating group) is 1. The average Bonchev–Trinajstić information content (AvgIpc) is 3.00. The number of ether oxygens (including phenoxy) is 1. The summed E-state index contributed by atoms with van der Waals surface area (Å²) in [6.45, 7) is 9.12. The highest BCUT2D eigenvalue weighted by Gasteiger charge is 2.40. The maximum absolute atomic E-state index is 6.35. The summed E-state index contributed by atoms with van der Waals surface area (Å²) >= 11 is 0. The Labute approximate surface area is 130 Å². The molecule has 1 N–H and O–H groups in total. The van der Waals surface area contributed by atoms with Gasteiger partial charge < -0.3 is 10.1 Å². The maximum atomic E-state index is 6.35. The third kappa shape index (κ3) is 3.46. The molecule has 0 spiro atoms. The van der Waals surface area contributed by atoms with Crippen LogP contribution in [-0.4, -0.2) is 49.3 Å². The van der Waals surface area contributed by atoms with Crippen LogP contribution >= 0.6 is 0 Å². The molecule has 1 aliphatic carbocycles. The molecule has 122 valence electrons. The third-order valence-corrected chi connectivity index (χ3v) is 6.21. The molecule has 0 radical (unpaired) electrons. The van der Waals surface area contributed by atoms with Gasteiger partial charge in [0.2, 0.25) is 0 Å². The molecular weight excluding hydrogens is 260 g/mol. The van der Waals surface area contributed by atoms with Crippen LogP contribution < -0.4 is 5.32 Å². The van der Waals surface area contributed by atoms with Crippen molar-refractivity contribution in [1.29, 1.82) is 0 Å². The molecule has 3 nitrogen and oxygen atoms in total. The number of hydrogen-bond donors (Lipinski definition) is 1. The predicted molar refractivity (Wildman–Crippen MR) is 87.5 cm³/mol. The number of nitrogens with zero attached hydrogens (tertiary/aromatic N) is 1. The Bertz CT molecular complexity index is 322. The minimum atomic E-state index is 0.413. The first-order chi connectivity index (χ1) is 10.3. The monoisotopic (exact) mass is 294 g/mol. The molecule has 0 amide bonds. The molecule has 3 rings (SSSR count). The zero-order chi connectivity index (χ0) is 14.7. The van der Waals surface area contributed by atoms with E-state index in [1.807, 2.05) is 0 Å². The fraction of sp³-hybridized carbons (Fsp3) is 1.00. The SMILES string of the molecule is CCNC(C1CN2CCCC2CO1)C1CCCCC1CC. The lowest BCUT2D eigenvalue weighted by atomic mass is 9.72. The van der Waals surface area contributed by atoms with Crippen LogP contribution in [0.3, 0.4) is 0 Å². The van der Waals surface area contributed by atoms with E-state index in [0.717, 1.165) is 37.6 Å². The second-order valence-electron chi connectivity index (χ2n) is 7.36. The van der Waals surface area contributed by atoms with Crippen LogP contribution in [0.25, 0.3) is 0 Å². The molecular formula is C18H34N2O. The molecule has 5 atom stereocenters. The van der Waals surface area contributed by atoms with Crippen molar-refractivity contribution in [3.63, 3.8) is 0 Å². The summed E-state index contributed by atoms with van der Waals surface area (Å²) in [6.07, 6.45) is 10.2. The first kappa shape index (κ1) is 15.8. The molecule has 2 heterocycles. The minimum Gasteiger partial charge on any atom is -0.374 e. The molecule has 3 fully saturated rings. The smallest absolute Gasteiger partial charge is 0.0858 e. The van der Waals surface area contributed by atoms with Crippen LogP contribution in [0.1, 0.15) is 58.8 Å². The molecule has 1 saturated carbocycles. The first-order valence-electron chi connectivity index (χ1n) is 9.42. The van der Waals surface area contributed by atoms with Gasteiger partial charge >= 0.3 is 0 Å². The van der Waals surface area contributed by atoms with E-state index in [2.05, 4.69) is 24.1 Å². The van der Waals surface area contributed by atoms with Gasteiger partial charge in [-0.2, -0.15) is 0 Å². The van der Waals surface area contributed by atoms with E-state index >= 15 is 0 Å². The predicted octanol–water partition coefficient (Wildman–Crippen LogP) is 3.04. The van der Waals surface area contributed by atoms with E-state index in [1.165, 1.54) is 51.5 Å². The molecule has 3 heteroatoms. The summed E-state index contributed by atoms with van der Waals surface area (Å²) < 4.78 is 6.35. The molecule has 2 aliphatic heterocycles. The van der Waals surface area contributed by atoms with E-state index in [-0.39, 0.29) is 0 Å². The largest absolute Gasteiger partial charge is 0.374 e. The van der Waals surface area contributed by atoms with Crippen LogP contribution in [0.4, 0.5) is 0 Å². The van der Waals surface area contributed by atoms with E-state index in [9.17, 15) is 0 Å². The van der Waals surface area contributed by atoms with Gasteiger partial charge in [0, 0.05) is 18.6 Å². The number of fused-ring (bicyclic) bond motifs is 1. The number of nitrogens with one attached hydrogen (secondary N) is 1. The molecule has 2 saturated heterocycles. The average molecular weight is 294 g/mol. The van der Waals surface area contributed by atoms with Crippen LogP contribution in [0.5, 0.6) is 0 Å². The summed E-state index contributed by atoms with van der Waals surface area (Å²) in [5.74, 6) is 1.73. The number of rotatable bonds is 5. The Kier molecular flexibility index (Phi) is 5.58. The second-order valence-corrected chi connectivity index (χ2v) is 7.36. The maximum Gasteiger partial charge on any atom is 0.0858 e. The highest BCUT2D eigenvalue weighted by Crippen LogP contribution is 2.37. The second kappa shape index (κ2) is 7.43. The standard InChI is InChI=1S/C18H34N2O/c1-3-14-8-5-6-10-16(14)18(19-4-2)17-12-20-11-7-9-15(20)13-21-17/h14-19H,3-13H2,1-2H3. The van der Waals surface area contributed by atoms with Crippen LogP contribution in [-0.2, 0) is 4.74 Å². The Morgan fingerprint density at radius 3 is 2.81 bits per heavy atom. The Morgan fingerprint density at radius 1 is 1.14 bits per heavy atom. The lowest BCUT2D eigenvalue weighted by Gasteiger charge is -2.45. The lowest BCUT2D eigenvalue weighted by Crippen LogP contribution is -2.57. The van der Waals surface area contributed by atoms with Gasteiger partial charge in [0.25, 0.3) is 0 Å². The topological polar surface area (TPSA) is 24.5 Å². The van der Waals surface area contributed by atoms with Gasteiger partial charge in [-0.05, 0) is 44.2 Å². The molecule has 5 unspecified atom stereocenters. The normalized spacial score (nSPS) is 39.1. The van der Waals surface area contributed by atoms with E-state index < -0.39 is 0 Å². The van der Waals surface area contributed by atoms with Crippen molar-refractivity contribution in [3.05, 3.63) is 0 Å². The summed E-state index contributed by atoms with van der Waals surface area (Å²) in [6, 6.07) is 1.29. The van der Waals surface area contributed by atoms with Crippen molar-refractivity contribution >= 4 is 0 Å². The molecule has 3 aliphatic rings. The molecule has 0 aromatic rings. The molecule has 0 aromatic carbocycles. The van der Waals surface area contributed by atoms with Crippen molar-refractivity contribution < 1.29 is 4.74 Å². The minimum absolute atomic E-state index is 0.413. The highest BCUT2D eigenvalue weighted by atomic mass is 16.5. The van der Waals surface area contributed by atoms with Crippen molar-refractivity contribution in [1.82, 2.24) is 10.2 Å². The summed E-state index contributed by atoms with van der Waals surface area (Å²) in [5, 5.41) is 3.81. The van der Waals surface area contributed by atoms with Gasteiger partial charge in [-0.1, -0.05) is 39.5 Å². The highest BCUT2D eigenvalue weighted by molar-refractivity contribution is 4.95. The lowest BCUT2D eigenvalue weighted by molar-refractivity contribution is -0.0806. The zero-order valence-corrected chi connectivity index (χ0v) is 14.0. The van der Waals surface area contributed by atoms with Gasteiger partial charge in [0.1, 0.15) is 0 Å². The Morgan fingerprint density at radius 2 is 2.00 bits per heavy atom. The van der Waals surface area contributed by atoms with Gasteiger partial charge in [0.15, 0.2) is 0 Å². The quantitative estimate of drug-likeness (QED) is 0.843. The van der Waals surface area contributed by atoms with Crippen LogP contribution in [0, 0.1) is 11.8 Å². The number of hydrogen-bond acceptors (Lipinski definition) is 3. The molecule has 0 aromatic heterocycles. The van der Waals surface area contributed by atoms with Gasteiger partial charge in [-0.15, -0.1) is 0 Å². The van der Waals surface area contributed by atoms with Crippen molar-refractivity contribution in [2.24, 2.45) is 11.8 Å². The fourth-order valence-electron chi connectivity index (χ4n) is 5.07. The van der Waals surface area contributed by atoms with Gasteiger partial charge in [0.05, 0.1) is 12.7 Å². The summed E-state index contributed by atoms with van der Waals surface area (Å²) in [4.78, 5) is 2.70. The fourth-order valence-corrected chi connectivity index (χ4v) is 5.07. The number of morpholine rings is 1. The first-order valence-corrected chi connectivity index (χ1v) is 9.42. The van der Waals surface area contributed by atoms with Crippen molar-refractivity contribution in [3.8, 4) is 0 Å². The third-order valence-electron chi connectivity index (χ3n) is 6.21. The zero-order valence-electron chi connectivity index (χ0n) is 14.0.